The zero-order valence-electron chi connectivity index (χ0n) is 9.02. The molecular formula is C10H19N3. The van der Waals surface area contributed by atoms with Crippen molar-refractivity contribution in [3.8, 4) is 0 Å². The van der Waals surface area contributed by atoms with Crippen LogP contribution in [0.25, 0.3) is 0 Å². The van der Waals surface area contributed by atoms with E-state index in [4.69, 9.17) is 0 Å². The minimum atomic E-state index is 0.872. The van der Waals surface area contributed by atoms with Crippen molar-refractivity contribution < 1.29 is 0 Å². The zero-order chi connectivity index (χ0) is 9.84. The molecule has 0 atom stereocenters. The molecule has 0 saturated heterocycles. The fourth-order valence-corrected chi connectivity index (χ4v) is 1.58. The highest BCUT2D eigenvalue weighted by molar-refractivity contribution is 5.16. The fraction of sp³-hybridized carbons (Fsp3) is 0.700. The van der Waals surface area contributed by atoms with Gasteiger partial charge in [-0.15, -0.1) is 0 Å². The molecule has 0 fully saturated rings. The van der Waals surface area contributed by atoms with Gasteiger partial charge in [0.05, 0.1) is 5.69 Å². The van der Waals surface area contributed by atoms with Crippen molar-refractivity contribution in [3.63, 3.8) is 0 Å². The second-order valence-electron chi connectivity index (χ2n) is 3.39. The smallest absolute Gasteiger partial charge is 0.105 e. The van der Waals surface area contributed by atoms with Crippen LogP contribution in [0, 0.1) is 6.92 Å². The molecule has 3 nitrogen and oxygen atoms in total. The summed E-state index contributed by atoms with van der Waals surface area (Å²) in [6, 6.07) is 0. The minimum Gasteiger partial charge on any atom is -0.335 e. The van der Waals surface area contributed by atoms with Gasteiger partial charge in [0.1, 0.15) is 5.82 Å². The van der Waals surface area contributed by atoms with Gasteiger partial charge in [0, 0.05) is 19.3 Å². The summed E-state index contributed by atoms with van der Waals surface area (Å²) in [4.78, 5) is 4.52. The second-order valence-corrected chi connectivity index (χ2v) is 3.39. The Bertz CT molecular complexity index is 276. The van der Waals surface area contributed by atoms with Gasteiger partial charge in [-0.05, 0) is 20.4 Å². The van der Waals surface area contributed by atoms with Gasteiger partial charge in [0.25, 0.3) is 0 Å². The summed E-state index contributed by atoms with van der Waals surface area (Å²) >= 11 is 0. The Kier molecular flexibility index (Phi) is 3.48. The molecular weight excluding hydrogens is 162 g/mol. The normalized spacial score (nSPS) is 10.8. The lowest BCUT2D eigenvalue weighted by Gasteiger charge is -2.04. The maximum absolute atomic E-state index is 4.52. The number of hydrogen-bond acceptors (Lipinski definition) is 2. The largest absolute Gasteiger partial charge is 0.335 e. The predicted molar refractivity (Wildman–Crippen MR) is 54.7 cm³/mol. The zero-order valence-corrected chi connectivity index (χ0v) is 9.02. The Morgan fingerprint density at radius 1 is 1.46 bits per heavy atom. The quantitative estimate of drug-likeness (QED) is 0.761. The van der Waals surface area contributed by atoms with Gasteiger partial charge < -0.3 is 9.88 Å². The molecule has 3 heteroatoms. The number of aryl methyl sites for hydroxylation is 1. The Morgan fingerprint density at radius 3 is 2.69 bits per heavy atom. The summed E-state index contributed by atoms with van der Waals surface area (Å²) in [6.45, 7) is 5.13. The molecule has 0 amide bonds. The molecule has 0 aromatic carbocycles. The number of hydrogen-bond donors (Lipinski definition) is 1. The van der Waals surface area contributed by atoms with E-state index in [1.165, 1.54) is 17.8 Å². The van der Waals surface area contributed by atoms with Crippen LogP contribution in [0.4, 0.5) is 0 Å². The van der Waals surface area contributed by atoms with Crippen LogP contribution in [0.2, 0.25) is 0 Å². The highest BCUT2D eigenvalue weighted by Gasteiger charge is 2.09. The molecule has 1 rings (SSSR count). The SMILES string of the molecule is CCCc1c(CNC)nc(C)n1C. The summed E-state index contributed by atoms with van der Waals surface area (Å²) < 4.78 is 2.19. The van der Waals surface area contributed by atoms with Crippen molar-refractivity contribution in [1.29, 1.82) is 0 Å². The van der Waals surface area contributed by atoms with E-state index in [0.717, 1.165) is 18.8 Å². The monoisotopic (exact) mass is 181 g/mol. The number of imidazole rings is 1. The summed E-state index contributed by atoms with van der Waals surface area (Å²) in [5.41, 5.74) is 2.57. The first-order chi connectivity index (χ1) is 6.20. The van der Waals surface area contributed by atoms with Gasteiger partial charge in [-0.25, -0.2) is 4.98 Å². The van der Waals surface area contributed by atoms with Crippen LogP contribution in [0.5, 0.6) is 0 Å². The van der Waals surface area contributed by atoms with Crippen LogP contribution in [0.1, 0.15) is 30.6 Å². The number of nitrogens with one attached hydrogen (secondary N) is 1. The van der Waals surface area contributed by atoms with Crippen LogP contribution >= 0.6 is 0 Å². The van der Waals surface area contributed by atoms with Crippen molar-refractivity contribution in [2.45, 2.75) is 33.2 Å². The predicted octanol–water partition coefficient (Wildman–Crippen LogP) is 1.40. The molecule has 0 aliphatic heterocycles. The van der Waals surface area contributed by atoms with Gasteiger partial charge in [0.2, 0.25) is 0 Å². The molecule has 0 saturated carbocycles. The van der Waals surface area contributed by atoms with Crippen molar-refractivity contribution in [2.75, 3.05) is 7.05 Å². The molecule has 1 heterocycles. The standard InChI is InChI=1S/C10H19N3/c1-5-6-10-9(7-11-3)12-8(2)13(10)4/h11H,5-7H2,1-4H3. The molecule has 0 unspecified atom stereocenters. The van der Waals surface area contributed by atoms with E-state index < -0.39 is 0 Å². The van der Waals surface area contributed by atoms with E-state index in [0.29, 0.717) is 0 Å². The maximum atomic E-state index is 4.52. The average molecular weight is 181 g/mol. The third kappa shape index (κ3) is 2.10. The Balaban J connectivity index is 2.96. The third-order valence-corrected chi connectivity index (χ3v) is 2.35. The van der Waals surface area contributed by atoms with E-state index in [-0.39, 0.29) is 0 Å². The van der Waals surface area contributed by atoms with Gasteiger partial charge in [0.15, 0.2) is 0 Å². The summed E-state index contributed by atoms with van der Waals surface area (Å²) in [5.74, 6) is 1.11. The molecule has 1 N–H and O–H groups in total. The van der Waals surface area contributed by atoms with Crippen molar-refractivity contribution in [2.24, 2.45) is 7.05 Å². The molecule has 1 aromatic rings. The summed E-state index contributed by atoms with van der Waals surface area (Å²) in [7, 11) is 4.05. The van der Waals surface area contributed by atoms with Crippen LogP contribution in [-0.2, 0) is 20.0 Å². The lowest BCUT2D eigenvalue weighted by Crippen LogP contribution is -2.08. The van der Waals surface area contributed by atoms with E-state index in [2.05, 4.69) is 35.8 Å². The maximum Gasteiger partial charge on any atom is 0.105 e. The van der Waals surface area contributed by atoms with Crippen molar-refractivity contribution in [1.82, 2.24) is 14.9 Å². The van der Waals surface area contributed by atoms with Gasteiger partial charge in [-0.2, -0.15) is 0 Å². The summed E-state index contributed by atoms with van der Waals surface area (Å²) in [6.07, 6.45) is 2.30. The van der Waals surface area contributed by atoms with Crippen LogP contribution < -0.4 is 5.32 Å². The highest BCUT2D eigenvalue weighted by Crippen LogP contribution is 2.11. The van der Waals surface area contributed by atoms with Gasteiger partial charge >= 0.3 is 0 Å². The molecule has 0 aliphatic rings. The lowest BCUT2D eigenvalue weighted by molar-refractivity contribution is 0.736. The first-order valence-corrected chi connectivity index (χ1v) is 4.86. The van der Waals surface area contributed by atoms with E-state index >= 15 is 0 Å². The van der Waals surface area contributed by atoms with Crippen molar-refractivity contribution >= 4 is 0 Å². The lowest BCUT2D eigenvalue weighted by atomic mass is 10.2. The second kappa shape index (κ2) is 4.42. The number of aromatic nitrogens is 2. The number of nitrogens with zero attached hydrogens (tertiary/aromatic N) is 2. The first-order valence-electron chi connectivity index (χ1n) is 4.86. The first kappa shape index (κ1) is 10.3. The van der Waals surface area contributed by atoms with Crippen LogP contribution in [0.15, 0.2) is 0 Å². The van der Waals surface area contributed by atoms with Crippen LogP contribution in [0.3, 0.4) is 0 Å². The van der Waals surface area contributed by atoms with Gasteiger partial charge in [-0.1, -0.05) is 13.3 Å². The molecule has 0 radical (unpaired) electrons. The molecule has 74 valence electrons. The topological polar surface area (TPSA) is 29.9 Å². The Morgan fingerprint density at radius 2 is 2.15 bits per heavy atom. The number of rotatable bonds is 4. The summed E-state index contributed by atoms with van der Waals surface area (Å²) in [5, 5.41) is 3.15. The molecule has 0 bridgehead atoms. The highest BCUT2D eigenvalue weighted by atomic mass is 15.1. The van der Waals surface area contributed by atoms with E-state index in [1.807, 2.05) is 7.05 Å². The molecule has 0 spiro atoms. The minimum absolute atomic E-state index is 0.872. The van der Waals surface area contributed by atoms with Crippen molar-refractivity contribution in [3.05, 3.63) is 17.2 Å². The van der Waals surface area contributed by atoms with E-state index in [9.17, 15) is 0 Å². The Labute approximate surface area is 80.2 Å². The van der Waals surface area contributed by atoms with Gasteiger partial charge in [-0.3, -0.25) is 0 Å². The third-order valence-electron chi connectivity index (χ3n) is 2.35. The fourth-order valence-electron chi connectivity index (χ4n) is 1.58. The van der Waals surface area contributed by atoms with Crippen LogP contribution in [-0.4, -0.2) is 16.6 Å². The molecule has 0 aliphatic carbocycles. The average Bonchev–Trinajstić information content (AvgIpc) is 2.34. The molecule has 1 aromatic heterocycles. The Hall–Kier alpha value is -0.830. The molecule has 13 heavy (non-hydrogen) atoms. The van der Waals surface area contributed by atoms with E-state index in [1.54, 1.807) is 0 Å².